The molecule has 3 heterocycles. The van der Waals surface area contributed by atoms with Crippen LogP contribution in [-0.4, -0.2) is 45.8 Å². The first kappa shape index (κ1) is 23.8. The van der Waals surface area contributed by atoms with Gasteiger partial charge in [-0.2, -0.15) is 0 Å². The fourth-order valence-corrected chi connectivity index (χ4v) is 5.24. The molecule has 0 unspecified atom stereocenters. The molecule has 3 aromatic rings. The third-order valence-electron chi connectivity index (χ3n) is 5.72. The number of aromatic nitrogens is 2. The lowest BCUT2D eigenvalue weighted by atomic mass is 9.99. The second kappa shape index (κ2) is 9.90. The third-order valence-corrected chi connectivity index (χ3v) is 7.16. The van der Waals surface area contributed by atoms with E-state index in [1.54, 1.807) is 36.4 Å². The number of imidazole rings is 1. The number of benzene rings is 1. The number of anilines is 1. The van der Waals surface area contributed by atoms with Crippen molar-refractivity contribution in [1.82, 2.24) is 15.3 Å². The van der Waals surface area contributed by atoms with Gasteiger partial charge in [-0.3, -0.25) is 25.5 Å². The van der Waals surface area contributed by atoms with Crippen LogP contribution in [0.4, 0.5) is 5.00 Å². The number of hydrogen-bond donors (Lipinski definition) is 4. The molecule has 4 N–H and O–H groups in total. The van der Waals surface area contributed by atoms with Gasteiger partial charge in [-0.05, 0) is 38.5 Å². The Morgan fingerprint density at radius 1 is 1.29 bits per heavy atom. The van der Waals surface area contributed by atoms with Crippen molar-refractivity contribution in [1.29, 1.82) is 10.8 Å². The Hall–Kier alpha value is -3.30. The molecule has 1 aliphatic heterocycles. The second-order valence-electron chi connectivity index (χ2n) is 8.11. The summed E-state index contributed by atoms with van der Waals surface area (Å²) >= 11 is 7.65. The molecule has 34 heavy (non-hydrogen) atoms. The predicted octanol–water partition coefficient (Wildman–Crippen LogP) is 4.49. The Morgan fingerprint density at radius 2 is 2.03 bits per heavy atom. The minimum atomic E-state index is -0.742. The number of amides is 1. The van der Waals surface area contributed by atoms with E-state index in [0.29, 0.717) is 23.7 Å². The molecule has 1 aromatic carbocycles. The van der Waals surface area contributed by atoms with Crippen LogP contribution in [0, 0.1) is 24.7 Å². The monoisotopic (exact) mass is 495 g/mol. The van der Waals surface area contributed by atoms with Gasteiger partial charge in [0.15, 0.2) is 0 Å². The summed E-state index contributed by atoms with van der Waals surface area (Å²) in [7, 11) is 0. The fraction of sp³-hybridized carbons (Fsp3) is 0.292. The van der Waals surface area contributed by atoms with Crippen molar-refractivity contribution in [2.75, 3.05) is 11.4 Å². The lowest BCUT2D eigenvalue weighted by molar-refractivity contribution is -0.121. The minimum absolute atomic E-state index is 0.00479. The van der Waals surface area contributed by atoms with Crippen molar-refractivity contribution in [3.8, 4) is 0 Å². The van der Waals surface area contributed by atoms with E-state index in [1.165, 1.54) is 11.3 Å². The number of carbonyl (C=O) groups is 1. The standard InChI is InChI=1S/C24H26ClN7OS/c1-13-14(2)34-24-21(13)22(16-4-6-17(25)7-5-16)31-18(23(27)32(24)15(3)26)12-20(33)30-9-8-19-28-10-11-29-19/h4-7,10-11,18,26-27H,8-9,12H2,1-3H3,(H,28,29)(H,30,33)/t18-/m0/s1. The van der Waals surface area contributed by atoms with Crippen LogP contribution in [-0.2, 0) is 11.2 Å². The number of fused-ring (bicyclic) bond motifs is 1. The Labute approximate surface area is 207 Å². The van der Waals surface area contributed by atoms with Crippen LogP contribution in [0.25, 0.3) is 0 Å². The summed E-state index contributed by atoms with van der Waals surface area (Å²) in [6, 6.07) is 6.66. The summed E-state index contributed by atoms with van der Waals surface area (Å²) in [4.78, 5) is 27.6. The number of aromatic amines is 1. The lowest BCUT2D eigenvalue weighted by Gasteiger charge is -2.24. The van der Waals surface area contributed by atoms with Crippen molar-refractivity contribution < 1.29 is 4.79 Å². The largest absolute Gasteiger partial charge is 0.356 e. The molecule has 1 atom stereocenters. The van der Waals surface area contributed by atoms with Crippen LogP contribution in [0.1, 0.15) is 40.7 Å². The third kappa shape index (κ3) is 4.80. The van der Waals surface area contributed by atoms with E-state index in [-0.39, 0.29) is 24.0 Å². The van der Waals surface area contributed by atoms with Crippen LogP contribution < -0.4 is 10.2 Å². The van der Waals surface area contributed by atoms with Crippen LogP contribution in [0.2, 0.25) is 5.02 Å². The predicted molar refractivity (Wildman–Crippen MR) is 138 cm³/mol. The zero-order valence-electron chi connectivity index (χ0n) is 19.2. The normalized spacial score (nSPS) is 15.5. The number of aliphatic imine (C=N–C) groups is 1. The number of nitrogens with zero attached hydrogens (tertiary/aromatic N) is 3. The molecule has 0 radical (unpaired) electrons. The Balaban J connectivity index is 1.69. The van der Waals surface area contributed by atoms with Crippen molar-refractivity contribution in [3.63, 3.8) is 0 Å². The van der Waals surface area contributed by atoms with Crippen molar-refractivity contribution in [2.45, 2.75) is 39.7 Å². The maximum atomic E-state index is 12.8. The number of nitrogens with one attached hydrogen (secondary N) is 4. The molecule has 0 bridgehead atoms. The van der Waals surface area contributed by atoms with Crippen molar-refractivity contribution in [3.05, 3.63) is 69.1 Å². The van der Waals surface area contributed by atoms with Crippen molar-refractivity contribution >= 4 is 51.2 Å². The van der Waals surface area contributed by atoms with Gasteiger partial charge in [-0.25, -0.2) is 4.98 Å². The van der Waals surface area contributed by atoms with E-state index < -0.39 is 6.04 Å². The van der Waals surface area contributed by atoms with E-state index in [4.69, 9.17) is 27.4 Å². The molecule has 1 amide bonds. The van der Waals surface area contributed by atoms with Gasteiger partial charge in [0.1, 0.15) is 28.5 Å². The summed E-state index contributed by atoms with van der Waals surface area (Å²) in [5.74, 6) is 0.913. The van der Waals surface area contributed by atoms with E-state index in [2.05, 4.69) is 15.3 Å². The number of aryl methyl sites for hydroxylation is 1. The molecule has 0 spiro atoms. The fourth-order valence-electron chi connectivity index (χ4n) is 3.89. The first-order chi connectivity index (χ1) is 16.3. The number of amidine groups is 2. The zero-order valence-corrected chi connectivity index (χ0v) is 20.8. The van der Waals surface area contributed by atoms with Gasteiger partial charge in [-0.15, -0.1) is 11.3 Å². The summed E-state index contributed by atoms with van der Waals surface area (Å²) < 4.78 is 0. The highest BCUT2D eigenvalue weighted by Crippen LogP contribution is 2.40. The molecule has 0 fully saturated rings. The van der Waals surface area contributed by atoms with Gasteiger partial charge in [0, 0.05) is 46.4 Å². The van der Waals surface area contributed by atoms with Gasteiger partial charge < -0.3 is 10.3 Å². The van der Waals surface area contributed by atoms with Crippen LogP contribution >= 0.6 is 22.9 Å². The molecule has 2 aromatic heterocycles. The number of carbonyl (C=O) groups excluding carboxylic acids is 1. The Bertz CT molecular complexity index is 1260. The summed E-state index contributed by atoms with van der Waals surface area (Å²) in [6.45, 7) is 6.13. The van der Waals surface area contributed by atoms with Gasteiger partial charge in [0.2, 0.25) is 5.91 Å². The Morgan fingerprint density at radius 3 is 2.68 bits per heavy atom. The van der Waals surface area contributed by atoms with Gasteiger partial charge in [0.25, 0.3) is 0 Å². The van der Waals surface area contributed by atoms with E-state index >= 15 is 0 Å². The molecule has 10 heteroatoms. The number of thiophene rings is 1. The molecule has 0 aliphatic carbocycles. The lowest BCUT2D eigenvalue weighted by Crippen LogP contribution is -2.42. The maximum absolute atomic E-state index is 12.8. The summed E-state index contributed by atoms with van der Waals surface area (Å²) in [6.07, 6.45) is 4.01. The molecule has 8 nitrogen and oxygen atoms in total. The number of halogens is 1. The van der Waals surface area contributed by atoms with Gasteiger partial charge >= 0.3 is 0 Å². The smallest absolute Gasteiger partial charge is 0.222 e. The summed E-state index contributed by atoms with van der Waals surface area (Å²) in [5.41, 5.74) is 3.50. The van der Waals surface area contributed by atoms with Crippen molar-refractivity contribution in [2.24, 2.45) is 4.99 Å². The number of rotatable bonds is 6. The summed E-state index contributed by atoms with van der Waals surface area (Å²) in [5, 5.41) is 21.6. The topological polar surface area (TPSA) is 121 Å². The molecule has 176 valence electrons. The average molecular weight is 496 g/mol. The van der Waals surface area contributed by atoms with E-state index in [9.17, 15) is 4.79 Å². The quantitative estimate of drug-likeness (QED) is 0.297. The van der Waals surface area contributed by atoms with Gasteiger partial charge in [-0.1, -0.05) is 23.7 Å². The molecule has 0 saturated heterocycles. The number of hydrogen-bond acceptors (Lipinski definition) is 6. The highest BCUT2D eigenvalue weighted by Gasteiger charge is 2.34. The first-order valence-electron chi connectivity index (χ1n) is 10.9. The minimum Gasteiger partial charge on any atom is -0.356 e. The molecule has 0 saturated carbocycles. The maximum Gasteiger partial charge on any atom is 0.222 e. The average Bonchev–Trinajstić information content (AvgIpc) is 3.37. The van der Waals surface area contributed by atoms with Gasteiger partial charge in [0.05, 0.1) is 12.1 Å². The van der Waals surface area contributed by atoms with E-state index in [1.807, 2.05) is 26.0 Å². The SMILES string of the molecule is CC(=N)N1C(=N)[C@H](CC(=O)NCCc2ncc[nH]2)N=C(c2ccc(Cl)cc2)c2c1sc(C)c2C. The highest BCUT2D eigenvalue weighted by molar-refractivity contribution is 7.17. The van der Waals surface area contributed by atoms with Crippen LogP contribution in [0.15, 0.2) is 41.7 Å². The molecular weight excluding hydrogens is 470 g/mol. The van der Waals surface area contributed by atoms with E-state index in [0.717, 1.165) is 32.4 Å². The number of H-pyrrole nitrogens is 1. The molecule has 1 aliphatic rings. The molecular formula is C24H26ClN7OS. The first-order valence-corrected chi connectivity index (χ1v) is 12.1. The molecule has 4 rings (SSSR count). The zero-order chi connectivity index (χ0) is 24.4. The highest BCUT2D eigenvalue weighted by atomic mass is 35.5. The van der Waals surface area contributed by atoms with Crippen LogP contribution in [0.3, 0.4) is 0 Å². The second-order valence-corrected chi connectivity index (χ2v) is 9.75. The van der Waals surface area contributed by atoms with Crippen LogP contribution in [0.5, 0.6) is 0 Å². The Kier molecular flexibility index (Phi) is 6.95.